The van der Waals surface area contributed by atoms with Crippen LogP contribution in [0.4, 0.5) is 5.69 Å². The zero-order valence-electron chi connectivity index (χ0n) is 19.4. The van der Waals surface area contributed by atoms with E-state index >= 15 is 0 Å². The number of rotatable bonds is 10. The Morgan fingerprint density at radius 3 is 2.58 bits per heavy atom. The van der Waals surface area contributed by atoms with Crippen LogP contribution in [0.2, 0.25) is 0 Å². The van der Waals surface area contributed by atoms with Gasteiger partial charge in [0.05, 0.1) is 13.7 Å². The smallest absolute Gasteiger partial charge is 0.223 e. The maximum absolute atomic E-state index is 12.6. The third-order valence-electron chi connectivity index (χ3n) is 5.85. The lowest BCUT2D eigenvalue weighted by atomic mass is 9.95. The molecule has 1 aliphatic heterocycles. The highest BCUT2D eigenvalue weighted by Gasteiger charge is 2.25. The number of pyridine rings is 1. The number of nitrogens with zero attached hydrogens (tertiary/aromatic N) is 2. The number of nitrogen functional groups attached to an aromatic ring is 1. The van der Waals surface area contributed by atoms with Gasteiger partial charge in [0, 0.05) is 48.8 Å². The van der Waals surface area contributed by atoms with Gasteiger partial charge in [-0.25, -0.2) is 0 Å². The number of hydrogen-bond donors (Lipinski definition) is 3. The summed E-state index contributed by atoms with van der Waals surface area (Å²) in [5.41, 5.74) is 8.27. The third kappa shape index (κ3) is 7.60. The molecule has 1 aliphatic rings. The molecule has 1 fully saturated rings. The summed E-state index contributed by atoms with van der Waals surface area (Å²) in [5, 5.41) is 10.7. The Kier molecular flexibility index (Phi) is 8.50. The highest BCUT2D eigenvalue weighted by atomic mass is 31.2. The van der Waals surface area contributed by atoms with Crippen LogP contribution < -0.4 is 20.7 Å². The fraction of sp³-hybridized carbons (Fsp3) is 0.458. The number of nitrogens with one attached hydrogen (secondary N) is 2. The number of nitrogens with two attached hydrogens (primary N) is 1. The Labute approximate surface area is 195 Å². The standard InChI is InChI=1S/C24H34N5O3P/c1-33(2,31)16-9-18-3-4-20(23(25)26)17-22(18)32-15-12-28-24(30)19-7-13-29(14-8-19)21-5-10-27-11-6-21/h3-6,10-11,17,19H,7-9,12-16H2,1-2H3,(H3,25,26)(H,28,30). The van der Waals surface area contributed by atoms with E-state index in [2.05, 4.69) is 15.2 Å². The Morgan fingerprint density at radius 2 is 1.94 bits per heavy atom. The van der Waals surface area contributed by atoms with E-state index in [-0.39, 0.29) is 17.7 Å². The summed E-state index contributed by atoms with van der Waals surface area (Å²) in [5.74, 6) is 0.650. The molecule has 2 heterocycles. The maximum atomic E-state index is 12.6. The predicted octanol–water partition coefficient (Wildman–Crippen LogP) is 2.94. The monoisotopic (exact) mass is 471 g/mol. The van der Waals surface area contributed by atoms with Crippen LogP contribution in [0.3, 0.4) is 0 Å². The number of benzene rings is 1. The average molecular weight is 472 g/mol. The van der Waals surface area contributed by atoms with Gasteiger partial charge in [-0.05, 0) is 56.4 Å². The first-order valence-corrected chi connectivity index (χ1v) is 14.1. The lowest BCUT2D eigenvalue weighted by molar-refractivity contribution is -0.125. The van der Waals surface area contributed by atoms with E-state index in [4.69, 9.17) is 15.9 Å². The molecule has 2 aromatic rings. The van der Waals surface area contributed by atoms with Gasteiger partial charge in [0.1, 0.15) is 18.2 Å². The minimum atomic E-state index is -2.15. The summed E-state index contributed by atoms with van der Waals surface area (Å²) in [4.78, 5) is 18.9. The van der Waals surface area contributed by atoms with E-state index in [1.165, 1.54) is 0 Å². The van der Waals surface area contributed by atoms with Crippen molar-refractivity contribution in [2.75, 3.05) is 50.6 Å². The highest BCUT2D eigenvalue weighted by molar-refractivity contribution is 7.62. The van der Waals surface area contributed by atoms with E-state index in [1.807, 2.05) is 18.2 Å². The molecule has 178 valence electrons. The second-order valence-electron chi connectivity index (χ2n) is 8.89. The molecular formula is C24H34N5O3P. The van der Waals surface area contributed by atoms with E-state index in [1.54, 1.807) is 37.9 Å². The first-order chi connectivity index (χ1) is 15.7. The molecule has 1 aromatic heterocycles. The SMILES string of the molecule is CP(C)(=O)CCc1ccc(C(=N)N)cc1OCCNC(=O)C1CCN(c2ccncc2)CC1. The molecule has 1 aromatic carbocycles. The van der Waals surface area contributed by atoms with Gasteiger partial charge in [0.25, 0.3) is 0 Å². The molecule has 0 saturated carbocycles. The van der Waals surface area contributed by atoms with Gasteiger partial charge >= 0.3 is 0 Å². The maximum Gasteiger partial charge on any atom is 0.223 e. The minimum Gasteiger partial charge on any atom is -0.491 e. The van der Waals surface area contributed by atoms with Crippen molar-refractivity contribution in [3.63, 3.8) is 0 Å². The van der Waals surface area contributed by atoms with Crippen LogP contribution in [0, 0.1) is 11.3 Å². The fourth-order valence-corrected chi connectivity index (χ4v) is 4.67. The molecule has 0 unspecified atom stereocenters. The Bertz CT molecular complexity index is 1000. The molecule has 0 spiro atoms. The van der Waals surface area contributed by atoms with Crippen LogP contribution in [0.1, 0.15) is 24.0 Å². The van der Waals surface area contributed by atoms with Gasteiger partial charge in [0.2, 0.25) is 5.91 Å². The summed E-state index contributed by atoms with van der Waals surface area (Å²) in [7, 11) is -2.15. The van der Waals surface area contributed by atoms with Crippen LogP contribution in [-0.2, 0) is 15.8 Å². The number of amidine groups is 1. The van der Waals surface area contributed by atoms with Gasteiger partial charge in [0.15, 0.2) is 0 Å². The molecule has 9 heteroatoms. The number of amides is 1. The topological polar surface area (TPSA) is 121 Å². The first kappa shape index (κ1) is 24.8. The molecular weight excluding hydrogens is 437 g/mol. The molecule has 0 atom stereocenters. The van der Waals surface area contributed by atoms with Crippen LogP contribution in [0.25, 0.3) is 0 Å². The van der Waals surface area contributed by atoms with Crippen molar-refractivity contribution >= 4 is 24.6 Å². The lowest BCUT2D eigenvalue weighted by Gasteiger charge is -2.32. The largest absolute Gasteiger partial charge is 0.491 e. The number of hydrogen-bond acceptors (Lipinski definition) is 6. The summed E-state index contributed by atoms with van der Waals surface area (Å²) in [6.45, 7) is 5.94. The first-order valence-electron chi connectivity index (χ1n) is 11.3. The highest BCUT2D eigenvalue weighted by Crippen LogP contribution is 2.37. The van der Waals surface area contributed by atoms with E-state index in [9.17, 15) is 9.36 Å². The number of carbonyl (C=O) groups is 1. The summed E-state index contributed by atoms with van der Waals surface area (Å²) >= 11 is 0. The van der Waals surface area contributed by atoms with Crippen LogP contribution in [-0.4, -0.2) is 62.5 Å². The van der Waals surface area contributed by atoms with E-state index < -0.39 is 7.14 Å². The minimum absolute atomic E-state index is 0.00272. The summed E-state index contributed by atoms with van der Waals surface area (Å²) < 4.78 is 18.0. The molecule has 0 aliphatic carbocycles. The summed E-state index contributed by atoms with van der Waals surface area (Å²) in [6.07, 6.45) is 6.41. The Hall–Kier alpha value is -2.86. The normalized spacial score (nSPS) is 14.7. The van der Waals surface area contributed by atoms with Gasteiger partial charge in [-0.2, -0.15) is 0 Å². The summed E-state index contributed by atoms with van der Waals surface area (Å²) in [6, 6.07) is 9.38. The molecule has 3 rings (SSSR count). The second-order valence-corrected chi connectivity index (χ2v) is 12.5. The molecule has 8 nitrogen and oxygen atoms in total. The molecule has 1 saturated heterocycles. The van der Waals surface area contributed by atoms with Crippen molar-refractivity contribution in [2.45, 2.75) is 19.3 Å². The zero-order valence-corrected chi connectivity index (χ0v) is 20.3. The lowest BCUT2D eigenvalue weighted by Crippen LogP contribution is -2.41. The number of piperidine rings is 1. The Balaban J connectivity index is 1.48. The number of carbonyl (C=O) groups excluding carboxylic acids is 1. The number of aryl methyl sites for hydroxylation is 1. The fourth-order valence-electron chi connectivity index (χ4n) is 3.89. The van der Waals surface area contributed by atoms with Gasteiger partial charge < -0.3 is 25.3 Å². The molecule has 4 N–H and O–H groups in total. The van der Waals surface area contributed by atoms with Crippen LogP contribution in [0.15, 0.2) is 42.7 Å². The van der Waals surface area contributed by atoms with E-state index in [0.29, 0.717) is 37.0 Å². The Morgan fingerprint density at radius 1 is 1.24 bits per heavy atom. The zero-order chi connectivity index (χ0) is 23.8. The molecule has 0 bridgehead atoms. The second kappa shape index (κ2) is 11.3. The number of aromatic nitrogens is 1. The van der Waals surface area contributed by atoms with Crippen LogP contribution in [0.5, 0.6) is 5.75 Å². The molecule has 0 radical (unpaired) electrons. The molecule has 33 heavy (non-hydrogen) atoms. The predicted molar refractivity (Wildman–Crippen MR) is 133 cm³/mol. The van der Waals surface area contributed by atoms with Crippen molar-refractivity contribution in [2.24, 2.45) is 11.7 Å². The van der Waals surface area contributed by atoms with Gasteiger partial charge in [-0.1, -0.05) is 12.1 Å². The van der Waals surface area contributed by atoms with Gasteiger partial charge in [-0.3, -0.25) is 15.2 Å². The van der Waals surface area contributed by atoms with E-state index in [0.717, 1.165) is 37.2 Å². The van der Waals surface area contributed by atoms with Crippen LogP contribution >= 0.6 is 7.14 Å². The average Bonchev–Trinajstić information content (AvgIpc) is 2.80. The van der Waals surface area contributed by atoms with Crippen molar-refractivity contribution in [3.8, 4) is 5.75 Å². The van der Waals surface area contributed by atoms with Crippen molar-refractivity contribution in [3.05, 3.63) is 53.9 Å². The quantitative estimate of drug-likeness (QED) is 0.212. The van der Waals surface area contributed by atoms with Crippen molar-refractivity contribution in [1.82, 2.24) is 10.3 Å². The third-order valence-corrected chi connectivity index (χ3v) is 7.15. The number of anilines is 1. The van der Waals surface area contributed by atoms with Crippen molar-refractivity contribution in [1.29, 1.82) is 5.41 Å². The molecule has 1 amide bonds. The van der Waals surface area contributed by atoms with Crippen molar-refractivity contribution < 1.29 is 14.1 Å². The van der Waals surface area contributed by atoms with Gasteiger partial charge in [-0.15, -0.1) is 0 Å². The number of ether oxygens (including phenoxy) is 1.